The fraction of sp³-hybridized carbons (Fsp3) is 0.615. The Morgan fingerprint density at radius 2 is 2.00 bits per heavy atom. The number of nitrogens with zero attached hydrogens (tertiary/aromatic N) is 4. The Labute approximate surface area is 119 Å². The molecule has 0 aliphatic carbocycles. The van der Waals surface area contributed by atoms with Gasteiger partial charge in [0.15, 0.2) is 11.7 Å². The third-order valence-electron chi connectivity index (χ3n) is 3.25. The first-order valence-electron chi connectivity index (χ1n) is 6.63. The van der Waals surface area contributed by atoms with Gasteiger partial charge in [-0.15, -0.1) is 5.10 Å². The van der Waals surface area contributed by atoms with E-state index in [9.17, 15) is 0 Å². The molecule has 0 unspecified atom stereocenters. The van der Waals surface area contributed by atoms with Gasteiger partial charge in [0.25, 0.3) is 0 Å². The van der Waals surface area contributed by atoms with Gasteiger partial charge in [-0.25, -0.2) is 0 Å². The van der Waals surface area contributed by atoms with Gasteiger partial charge in [0.2, 0.25) is 0 Å². The number of nitrogens with two attached hydrogens (primary N) is 1. The Morgan fingerprint density at radius 1 is 1.35 bits per heavy atom. The molecule has 0 bridgehead atoms. The van der Waals surface area contributed by atoms with Gasteiger partial charge in [-0.3, -0.25) is 0 Å². The average Bonchev–Trinajstić information content (AvgIpc) is 2.42. The van der Waals surface area contributed by atoms with Crippen molar-refractivity contribution in [3.8, 4) is 0 Å². The van der Waals surface area contributed by atoms with Crippen LogP contribution in [0.3, 0.4) is 0 Å². The minimum Gasteiger partial charge on any atom is -0.409 e. The summed E-state index contributed by atoms with van der Waals surface area (Å²) in [7, 11) is 0. The Kier molecular flexibility index (Phi) is 5.69. The zero-order valence-electron chi connectivity index (χ0n) is 12.5. The Bertz CT molecular complexity index is 488. The van der Waals surface area contributed by atoms with Crippen molar-refractivity contribution < 1.29 is 10.3 Å². The number of aryl methyl sites for hydroxylation is 1. The second-order valence-electron chi connectivity index (χ2n) is 4.96. The second kappa shape index (κ2) is 7.04. The lowest BCUT2D eigenvalue weighted by molar-refractivity contribution is 0.288. The molecule has 0 aliphatic heterocycles. The number of amidine groups is 1. The van der Waals surface area contributed by atoms with Crippen LogP contribution in [0.4, 0.5) is 5.82 Å². The zero-order chi connectivity index (χ0) is 15.3. The zero-order valence-corrected chi connectivity index (χ0v) is 12.5. The van der Waals surface area contributed by atoms with E-state index in [4.69, 9.17) is 16.0 Å². The van der Waals surface area contributed by atoms with Gasteiger partial charge >= 0.3 is 0 Å². The molecular weight excluding hydrogens is 258 g/mol. The largest absolute Gasteiger partial charge is 0.409 e. The summed E-state index contributed by atoms with van der Waals surface area (Å²) in [5, 5.41) is 29.4. The van der Waals surface area contributed by atoms with Crippen LogP contribution in [0.5, 0.6) is 0 Å². The molecule has 0 fully saturated rings. The molecule has 20 heavy (non-hydrogen) atoms. The molecule has 1 aromatic rings. The van der Waals surface area contributed by atoms with Crippen molar-refractivity contribution in [2.24, 2.45) is 10.9 Å². The van der Waals surface area contributed by atoms with Crippen molar-refractivity contribution >= 4 is 11.7 Å². The lowest BCUT2D eigenvalue weighted by Gasteiger charge is -2.29. The lowest BCUT2D eigenvalue weighted by atomic mass is 10.1. The molecule has 0 amide bonds. The maximum Gasteiger partial charge on any atom is 0.174 e. The summed E-state index contributed by atoms with van der Waals surface area (Å²) in [6.07, 6.45) is 0.613. The van der Waals surface area contributed by atoms with Gasteiger partial charge in [0.1, 0.15) is 0 Å². The third kappa shape index (κ3) is 3.36. The van der Waals surface area contributed by atoms with Gasteiger partial charge in [-0.2, -0.15) is 5.10 Å². The Hall–Kier alpha value is -1.89. The molecule has 0 atom stereocenters. The standard InChI is InChI=1S/C13H23N5O2/c1-8(2)18(6-5-7-19)13-11(12(14)17-20)9(3)10(4)15-16-13/h8,19-20H,5-7H2,1-4H3,(H2,14,17). The number of hydrogen-bond donors (Lipinski definition) is 3. The van der Waals surface area contributed by atoms with E-state index < -0.39 is 0 Å². The molecule has 1 aromatic heterocycles. The molecule has 112 valence electrons. The van der Waals surface area contributed by atoms with Crippen LogP contribution in [0.15, 0.2) is 5.16 Å². The third-order valence-corrected chi connectivity index (χ3v) is 3.25. The molecular formula is C13H23N5O2. The number of anilines is 1. The van der Waals surface area contributed by atoms with Crippen LogP contribution in [0.25, 0.3) is 0 Å². The van der Waals surface area contributed by atoms with Crippen LogP contribution in [-0.2, 0) is 0 Å². The summed E-state index contributed by atoms with van der Waals surface area (Å²) in [5.41, 5.74) is 7.95. The van der Waals surface area contributed by atoms with E-state index in [0.29, 0.717) is 24.3 Å². The summed E-state index contributed by atoms with van der Waals surface area (Å²) in [5.74, 6) is 0.594. The number of oxime groups is 1. The van der Waals surface area contributed by atoms with Gasteiger partial charge in [0.05, 0.1) is 11.3 Å². The SMILES string of the molecule is Cc1nnc(N(CCCO)C(C)C)c(C(N)=NO)c1C. The van der Waals surface area contributed by atoms with Crippen LogP contribution in [0, 0.1) is 13.8 Å². The van der Waals surface area contributed by atoms with Crippen molar-refractivity contribution in [1.29, 1.82) is 0 Å². The summed E-state index contributed by atoms with van der Waals surface area (Å²) < 4.78 is 0. The highest BCUT2D eigenvalue weighted by atomic mass is 16.4. The highest BCUT2D eigenvalue weighted by molar-refractivity contribution is 6.02. The van der Waals surface area contributed by atoms with E-state index in [2.05, 4.69) is 15.4 Å². The van der Waals surface area contributed by atoms with Crippen LogP contribution in [0.2, 0.25) is 0 Å². The molecule has 0 radical (unpaired) electrons. The number of aliphatic hydroxyl groups is 1. The normalized spacial score (nSPS) is 12.0. The minimum atomic E-state index is 0.0187. The molecule has 1 heterocycles. The fourth-order valence-corrected chi connectivity index (χ4v) is 2.00. The molecule has 0 aromatic carbocycles. The van der Waals surface area contributed by atoms with E-state index in [1.165, 1.54) is 0 Å². The first-order valence-corrected chi connectivity index (χ1v) is 6.63. The Morgan fingerprint density at radius 3 is 2.50 bits per heavy atom. The van der Waals surface area contributed by atoms with Gasteiger partial charge in [-0.05, 0) is 39.7 Å². The molecule has 0 aliphatic rings. The minimum absolute atomic E-state index is 0.0187. The predicted molar refractivity (Wildman–Crippen MR) is 78.2 cm³/mol. The van der Waals surface area contributed by atoms with Crippen LogP contribution in [0.1, 0.15) is 37.1 Å². The number of aliphatic hydroxyl groups excluding tert-OH is 1. The topological polar surface area (TPSA) is 108 Å². The summed E-state index contributed by atoms with van der Waals surface area (Å²) >= 11 is 0. The van der Waals surface area contributed by atoms with Gasteiger partial charge in [0, 0.05) is 19.2 Å². The molecule has 0 spiro atoms. The number of rotatable bonds is 6. The first-order chi connectivity index (χ1) is 9.43. The maximum atomic E-state index is 9.02. The summed E-state index contributed by atoms with van der Waals surface area (Å²) in [6.45, 7) is 8.45. The quantitative estimate of drug-likeness (QED) is 0.308. The highest BCUT2D eigenvalue weighted by Gasteiger charge is 2.21. The maximum absolute atomic E-state index is 9.02. The predicted octanol–water partition coefficient (Wildman–Crippen LogP) is 0.785. The molecule has 1 rings (SSSR count). The van der Waals surface area contributed by atoms with E-state index >= 15 is 0 Å². The highest BCUT2D eigenvalue weighted by Crippen LogP contribution is 2.24. The second-order valence-corrected chi connectivity index (χ2v) is 4.96. The summed E-state index contributed by atoms with van der Waals surface area (Å²) in [6, 6.07) is 0.156. The van der Waals surface area contributed by atoms with E-state index in [-0.39, 0.29) is 18.5 Å². The fourth-order valence-electron chi connectivity index (χ4n) is 2.00. The molecule has 0 saturated heterocycles. The van der Waals surface area contributed by atoms with Gasteiger partial charge in [-0.1, -0.05) is 5.16 Å². The molecule has 7 nitrogen and oxygen atoms in total. The van der Waals surface area contributed by atoms with Crippen LogP contribution >= 0.6 is 0 Å². The van der Waals surface area contributed by atoms with E-state index in [1.54, 1.807) is 0 Å². The van der Waals surface area contributed by atoms with E-state index in [1.807, 2.05) is 32.6 Å². The lowest BCUT2D eigenvalue weighted by Crippen LogP contribution is -2.36. The van der Waals surface area contributed by atoms with Crippen molar-refractivity contribution in [3.63, 3.8) is 0 Å². The average molecular weight is 281 g/mol. The van der Waals surface area contributed by atoms with Crippen molar-refractivity contribution in [2.75, 3.05) is 18.1 Å². The Balaban J connectivity index is 3.37. The smallest absolute Gasteiger partial charge is 0.174 e. The van der Waals surface area contributed by atoms with Gasteiger partial charge < -0.3 is 20.9 Å². The van der Waals surface area contributed by atoms with Crippen LogP contribution < -0.4 is 10.6 Å². The van der Waals surface area contributed by atoms with Crippen LogP contribution in [-0.4, -0.2) is 45.5 Å². The van der Waals surface area contributed by atoms with E-state index in [0.717, 1.165) is 11.3 Å². The monoisotopic (exact) mass is 281 g/mol. The molecule has 7 heteroatoms. The summed E-state index contributed by atoms with van der Waals surface area (Å²) in [4.78, 5) is 1.99. The molecule has 4 N–H and O–H groups in total. The van der Waals surface area contributed by atoms with Crippen molar-refractivity contribution in [1.82, 2.24) is 10.2 Å². The first kappa shape index (κ1) is 16.2. The number of aromatic nitrogens is 2. The van der Waals surface area contributed by atoms with Crippen molar-refractivity contribution in [2.45, 2.75) is 40.2 Å². The number of hydrogen-bond acceptors (Lipinski definition) is 6. The molecule has 0 saturated carbocycles. The van der Waals surface area contributed by atoms with Crippen molar-refractivity contribution in [3.05, 3.63) is 16.8 Å².